The van der Waals surface area contributed by atoms with Gasteiger partial charge in [0, 0.05) is 21.9 Å². The minimum absolute atomic E-state index is 0.269. The Hall–Kier alpha value is -1.78. The topological polar surface area (TPSA) is 42.0 Å². The maximum Gasteiger partial charge on any atom is 0.248 e. The predicted molar refractivity (Wildman–Crippen MR) is 84.1 cm³/mol. The number of rotatable bonds is 5. The summed E-state index contributed by atoms with van der Waals surface area (Å²) in [6.45, 7) is 3.39. The fourth-order valence-corrected chi connectivity index (χ4v) is 2.64. The molecule has 102 valence electrons. The zero-order valence-corrected chi connectivity index (χ0v) is 12.2. The molecule has 0 radical (unpaired) electrons. The first kappa shape index (κ1) is 14.6. The van der Waals surface area contributed by atoms with Crippen molar-refractivity contribution in [3.63, 3.8) is 0 Å². The maximum atomic E-state index is 11.1. The van der Waals surface area contributed by atoms with Gasteiger partial charge in [-0.2, -0.15) is 0 Å². The molecule has 1 heterocycles. The molecule has 2 rings (SSSR count). The van der Waals surface area contributed by atoms with Crippen molar-refractivity contribution in [3.8, 4) is 0 Å². The van der Waals surface area contributed by atoms with Gasteiger partial charge in [0.25, 0.3) is 0 Å². The number of hydrogen-bond acceptors (Lipinski definition) is 3. The molecule has 5 heteroatoms. The van der Waals surface area contributed by atoms with Crippen LogP contribution in [0.1, 0.15) is 5.56 Å². The lowest BCUT2D eigenvalue weighted by Gasteiger charge is -2.05. The highest BCUT2D eigenvalue weighted by Gasteiger charge is 2.02. The number of carbonyl (C=O) groups excluding carboxylic acids is 1. The summed E-state index contributed by atoms with van der Waals surface area (Å²) in [5, 5.41) is 3.37. The average molecular weight is 305 g/mol. The van der Waals surface area contributed by atoms with Gasteiger partial charge in [0.05, 0.1) is 0 Å². The van der Waals surface area contributed by atoms with Gasteiger partial charge in [0.15, 0.2) is 0 Å². The lowest BCUT2D eigenvalue weighted by Crippen LogP contribution is -2.08. The summed E-state index contributed by atoms with van der Waals surface area (Å²) in [6, 6.07) is 11.4. The van der Waals surface area contributed by atoms with E-state index in [9.17, 15) is 4.79 Å². The number of benzene rings is 1. The van der Waals surface area contributed by atoms with Crippen molar-refractivity contribution in [2.75, 3.05) is 5.32 Å². The number of thioether (sulfide) groups is 1. The van der Waals surface area contributed by atoms with E-state index in [1.165, 1.54) is 6.08 Å². The van der Waals surface area contributed by atoms with E-state index in [-0.39, 0.29) is 5.91 Å². The number of carbonyl (C=O) groups is 1. The predicted octanol–water partition coefficient (Wildman–Crippen LogP) is 4.15. The van der Waals surface area contributed by atoms with Crippen LogP contribution in [-0.2, 0) is 10.5 Å². The van der Waals surface area contributed by atoms with Gasteiger partial charge in [0.1, 0.15) is 5.82 Å². The molecule has 0 aliphatic rings. The van der Waals surface area contributed by atoms with Crippen molar-refractivity contribution in [1.29, 1.82) is 0 Å². The number of anilines is 1. The second-order valence-electron chi connectivity index (χ2n) is 3.95. The summed E-state index contributed by atoms with van der Waals surface area (Å²) in [7, 11) is 0. The fraction of sp³-hybridized carbons (Fsp3) is 0.0667. The van der Waals surface area contributed by atoms with Crippen LogP contribution in [0.15, 0.2) is 60.1 Å². The molecule has 0 fully saturated rings. The number of pyridine rings is 1. The summed E-state index contributed by atoms with van der Waals surface area (Å²) in [6.07, 6.45) is 2.93. The standard InChI is InChI=1S/C15H13ClN2OS/c1-2-15(19)18-14-8-7-12(9-17-14)20-10-11-5-3-4-6-13(11)16/h2-9H,1,10H2,(H,17,18,19). The van der Waals surface area contributed by atoms with Gasteiger partial charge < -0.3 is 5.32 Å². The first-order valence-corrected chi connectivity index (χ1v) is 7.31. The Morgan fingerprint density at radius 2 is 2.15 bits per heavy atom. The Morgan fingerprint density at radius 3 is 2.80 bits per heavy atom. The van der Waals surface area contributed by atoms with E-state index in [2.05, 4.69) is 16.9 Å². The minimum Gasteiger partial charge on any atom is -0.307 e. The maximum absolute atomic E-state index is 11.1. The molecule has 1 N–H and O–H groups in total. The molecule has 2 aromatic rings. The minimum atomic E-state index is -0.269. The Balaban J connectivity index is 1.96. The van der Waals surface area contributed by atoms with Gasteiger partial charge in [-0.1, -0.05) is 36.4 Å². The van der Waals surface area contributed by atoms with Gasteiger partial charge in [-0.05, 0) is 29.8 Å². The third kappa shape index (κ3) is 4.11. The van der Waals surface area contributed by atoms with Crippen LogP contribution in [0.3, 0.4) is 0 Å². The first-order valence-electron chi connectivity index (χ1n) is 5.94. The van der Waals surface area contributed by atoms with E-state index in [4.69, 9.17) is 11.6 Å². The molecule has 1 aromatic heterocycles. The van der Waals surface area contributed by atoms with Gasteiger partial charge in [0.2, 0.25) is 5.91 Å². The highest BCUT2D eigenvalue weighted by Crippen LogP contribution is 2.26. The smallest absolute Gasteiger partial charge is 0.248 e. The molecule has 0 aliphatic heterocycles. The van der Waals surface area contributed by atoms with Crippen LogP contribution in [0.4, 0.5) is 5.82 Å². The van der Waals surface area contributed by atoms with Gasteiger partial charge in [-0.15, -0.1) is 11.8 Å². The summed E-state index contributed by atoms with van der Waals surface area (Å²) in [5.74, 6) is 1.02. The number of hydrogen-bond donors (Lipinski definition) is 1. The van der Waals surface area contributed by atoms with E-state index in [1.807, 2.05) is 30.3 Å². The Kier molecular flexibility index (Phi) is 5.21. The van der Waals surface area contributed by atoms with Crippen molar-refractivity contribution in [1.82, 2.24) is 4.98 Å². The Morgan fingerprint density at radius 1 is 1.35 bits per heavy atom. The molecule has 0 unspecified atom stereocenters. The van der Waals surface area contributed by atoms with Crippen molar-refractivity contribution >= 4 is 35.1 Å². The van der Waals surface area contributed by atoms with Crippen molar-refractivity contribution in [2.45, 2.75) is 10.6 Å². The normalized spacial score (nSPS) is 10.1. The third-order valence-corrected chi connectivity index (χ3v) is 3.92. The molecule has 1 aromatic carbocycles. The molecular weight excluding hydrogens is 292 g/mol. The molecule has 0 saturated carbocycles. The fourth-order valence-electron chi connectivity index (χ4n) is 1.49. The molecule has 0 bridgehead atoms. The number of nitrogens with zero attached hydrogens (tertiary/aromatic N) is 1. The van der Waals surface area contributed by atoms with Crippen LogP contribution in [0.2, 0.25) is 5.02 Å². The Bertz CT molecular complexity index is 614. The molecule has 0 spiro atoms. The van der Waals surface area contributed by atoms with Gasteiger partial charge in [-0.25, -0.2) is 4.98 Å². The van der Waals surface area contributed by atoms with E-state index >= 15 is 0 Å². The van der Waals surface area contributed by atoms with Crippen molar-refractivity contribution in [2.24, 2.45) is 0 Å². The molecule has 0 aliphatic carbocycles. The number of nitrogens with one attached hydrogen (secondary N) is 1. The lowest BCUT2D eigenvalue weighted by atomic mass is 10.2. The summed E-state index contributed by atoms with van der Waals surface area (Å²) >= 11 is 7.74. The van der Waals surface area contributed by atoms with Crippen molar-refractivity contribution < 1.29 is 4.79 Å². The zero-order valence-electron chi connectivity index (χ0n) is 10.7. The quantitative estimate of drug-likeness (QED) is 0.666. The van der Waals surface area contributed by atoms with Crippen LogP contribution < -0.4 is 5.32 Å². The Labute approximate surface area is 127 Å². The highest BCUT2D eigenvalue weighted by atomic mass is 35.5. The number of halogens is 1. The monoisotopic (exact) mass is 304 g/mol. The van der Waals surface area contributed by atoms with Crippen LogP contribution in [0, 0.1) is 0 Å². The van der Waals surface area contributed by atoms with Gasteiger partial charge >= 0.3 is 0 Å². The van der Waals surface area contributed by atoms with Crippen molar-refractivity contribution in [3.05, 3.63) is 65.8 Å². The zero-order chi connectivity index (χ0) is 14.4. The van der Waals surface area contributed by atoms with Crippen LogP contribution in [0.5, 0.6) is 0 Å². The SMILES string of the molecule is C=CC(=O)Nc1ccc(SCc2ccccc2Cl)cn1. The van der Waals surface area contributed by atoms with Crippen LogP contribution in [0.25, 0.3) is 0 Å². The average Bonchev–Trinajstić information content (AvgIpc) is 2.48. The number of amides is 1. The first-order chi connectivity index (χ1) is 9.69. The molecule has 3 nitrogen and oxygen atoms in total. The molecule has 0 saturated heterocycles. The lowest BCUT2D eigenvalue weighted by molar-refractivity contribution is -0.111. The molecule has 0 atom stereocenters. The molecule has 20 heavy (non-hydrogen) atoms. The highest BCUT2D eigenvalue weighted by molar-refractivity contribution is 7.98. The van der Waals surface area contributed by atoms with Crippen LogP contribution in [-0.4, -0.2) is 10.9 Å². The van der Waals surface area contributed by atoms with Gasteiger partial charge in [-0.3, -0.25) is 4.79 Å². The largest absolute Gasteiger partial charge is 0.307 e. The summed E-state index contributed by atoms with van der Waals surface area (Å²) < 4.78 is 0. The molecule has 1 amide bonds. The number of aromatic nitrogens is 1. The summed E-state index contributed by atoms with van der Waals surface area (Å²) in [4.78, 5) is 16.3. The van der Waals surface area contributed by atoms with E-state index in [0.717, 1.165) is 21.2 Å². The van der Waals surface area contributed by atoms with E-state index in [1.54, 1.807) is 24.0 Å². The van der Waals surface area contributed by atoms with Crippen LogP contribution >= 0.6 is 23.4 Å². The molecular formula is C15H13ClN2OS. The second-order valence-corrected chi connectivity index (χ2v) is 5.41. The summed E-state index contributed by atoms with van der Waals surface area (Å²) in [5.41, 5.74) is 1.09. The van der Waals surface area contributed by atoms with E-state index < -0.39 is 0 Å². The third-order valence-electron chi connectivity index (χ3n) is 2.53. The second kappa shape index (κ2) is 7.12. The van der Waals surface area contributed by atoms with E-state index in [0.29, 0.717) is 5.82 Å².